The molecule has 0 bridgehead atoms. The first kappa shape index (κ1) is 18.1. The smallest absolute Gasteiger partial charge is 0.276 e. The van der Waals surface area contributed by atoms with Crippen LogP contribution in [-0.4, -0.2) is 53.3 Å². The summed E-state index contributed by atoms with van der Waals surface area (Å²) in [6, 6.07) is 2.98. The number of furan rings is 1. The van der Waals surface area contributed by atoms with E-state index in [1.165, 1.54) is 13.1 Å². The van der Waals surface area contributed by atoms with E-state index in [1.54, 1.807) is 6.07 Å². The number of hydrogen-bond donors (Lipinski definition) is 1. The van der Waals surface area contributed by atoms with Gasteiger partial charge < -0.3 is 9.73 Å². The van der Waals surface area contributed by atoms with Crippen molar-refractivity contribution in [1.82, 2.24) is 9.62 Å². The van der Waals surface area contributed by atoms with Gasteiger partial charge in [-0.05, 0) is 25.1 Å². The molecule has 21 heavy (non-hydrogen) atoms. The minimum atomic E-state index is -3.80. The lowest BCUT2D eigenvalue weighted by atomic mass is 10.4. The molecule has 1 rings (SSSR count). The Morgan fingerprint density at radius 1 is 1.24 bits per heavy atom. The number of sulfonamides is 1. The summed E-state index contributed by atoms with van der Waals surface area (Å²) in [6.45, 7) is 3.19. The Hall–Kier alpha value is -0.900. The van der Waals surface area contributed by atoms with Gasteiger partial charge in [-0.1, -0.05) is 6.92 Å². The average Bonchev–Trinajstić information content (AvgIpc) is 2.84. The summed E-state index contributed by atoms with van der Waals surface area (Å²) in [6.07, 6.45) is 2.04. The van der Waals surface area contributed by atoms with Gasteiger partial charge in [0.05, 0.1) is 12.3 Å². The predicted molar refractivity (Wildman–Crippen MR) is 80.2 cm³/mol. The van der Waals surface area contributed by atoms with Crippen molar-refractivity contribution >= 4 is 19.9 Å². The van der Waals surface area contributed by atoms with Crippen LogP contribution in [0.1, 0.15) is 19.1 Å². The van der Waals surface area contributed by atoms with Crippen LogP contribution in [0.25, 0.3) is 0 Å². The highest BCUT2D eigenvalue weighted by Crippen LogP contribution is 2.17. The molecule has 0 fully saturated rings. The Morgan fingerprint density at radius 3 is 2.48 bits per heavy atom. The highest BCUT2D eigenvalue weighted by Gasteiger charge is 2.25. The van der Waals surface area contributed by atoms with E-state index >= 15 is 0 Å². The van der Waals surface area contributed by atoms with Crippen LogP contribution in [0.4, 0.5) is 0 Å². The van der Waals surface area contributed by atoms with Crippen molar-refractivity contribution in [3.63, 3.8) is 0 Å². The molecule has 1 N–H and O–H groups in total. The summed E-state index contributed by atoms with van der Waals surface area (Å²) >= 11 is 0. The summed E-state index contributed by atoms with van der Waals surface area (Å²) in [7, 11) is -5.68. The maximum Gasteiger partial charge on any atom is 0.276 e. The second-order valence-electron chi connectivity index (χ2n) is 4.85. The van der Waals surface area contributed by atoms with Gasteiger partial charge >= 0.3 is 0 Å². The fraction of sp³-hybridized carbons (Fsp3) is 0.667. The van der Waals surface area contributed by atoms with Gasteiger partial charge in [0.25, 0.3) is 10.0 Å². The highest BCUT2D eigenvalue weighted by atomic mass is 32.2. The van der Waals surface area contributed by atoms with E-state index in [2.05, 4.69) is 5.32 Å². The molecule has 0 spiro atoms. The Kier molecular flexibility index (Phi) is 6.39. The summed E-state index contributed by atoms with van der Waals surface area (Å²) in [5.41, 5.74) is 0. The van der Waals surface area contributed by atoms with Crippen LogP contribution in [-0.2, 0) is 26.4 Å². The third-order valence-electron chi connectivity index (χ3n) is 2.80. The topological polar surface area (TPSA) is 96.7 Å². The van der Waals surface area contributed by atoms with Crippen LogP contribution in [0.15, 0.2) is 21.6 Å². The van der Waals surface area contributed by atoms with Crippen LogP contribution in [0, 0.1) is 0 Å². The summed E-state index contributed by atoms with van der Waals surface area (Å²) in [5.74, 6) is 0.299. The highest BCUT2D eigenvalue weighted by molar-refractivity contribution is 7.91. The molecule has 9 heteroatoms. The van der Waals surface area contributed by atoms with Gasteiger partial charge in [0, 0.05) is 19.8 Å². The SMILES string of the molecule is CCCNCc1ccc(S(=O)(=O)N(C)CCS(C)(=O)=O)o1. The van der Waals surface area contributed by atoms with Crippen molar-refractivity contribution < 1.29 is 21.3 Å². The zero-order chi connectivity index (χ0) is 16.1. The minimum absolute atomic E-state index is 0.106. The molecule has 0 atom stereocenters. The lowest BCUT2D eigenvalue weighted by Crippen LogP contribution is -2.31. The zero-order valence-corrected chi connectivity index (χ0v) is 14.1. The van der Waals surface area contributed by atoms with Gasteiger partial charge in [0.15, 0.2) is 0 Å². The van der Waals surface area contributed by atoms with Crippen LogP contribution in [0.5, 0.6) is 0 Å². The fourth-order valence-corrected chi connectivity index (χ4v) is 3.36. The van der Waals surface area contributed by atoms with E-state index in [9.17, 15) is 16.8 Å². The summed E-state index contributed by atoms with van der Waals surface area (Å²) in [4.78, 5) is 0. The van der Waals surface area contributed by atoms with Crippen LogP contribution in [0.3, 0.4) is 0 Å². The molecule has 0 radical (unpaired) electrons. The van der Waals surface area contributed by atoms with E-state index in [-0.39, 0.29) is 17.4 Å². The average molecular weight is 338 g/mol. The van der Waals surface area contributed by atoms with Crippen molar-refractivity contribution in [1.29, 1.82) is 0 Å². The molecule has 7 nitrogen and oxygen atoms in total. The predicted octanol–water partition coefficient (Wildman–Crippen LogP) is 0.444. The van der Waals surface area contributed by atoms with Gasteiger partial charge in [-0.25, -0.2) is 16.8 Å². The second kappa shape index (κ2) is 7.39. The van der Waals surface area contributed by atoms with Crippen LogP contribution < -0.4 is 5.32 Å². The molecule has 0 aliphatic heterocycles. The van der Waals surface area contributed by atoms with E-state index in [4.69, 9.17) is 4.42 Å². The standard InChI is InChI=1S/C12H22N2O5S2/c1-4-7-13-10-11-5-6-12(19-11)21(17,18)14(2)8-9-20(3,15)16/h5-6,13H,4,7-10H2,1-3H3. The van der Waals surface area contributed by atoms with E-state index in [0.717, 1.165) is 23.5 Å². The third kappa shape index (κ3) is 5.77. The molecule has 0 saturated heterocycles. The Morgan fingerprint density at radius 2 is 1.90 bits per heavy atom. The lowest BCUT2D eigenvalue weighted by molar-refractivity contribution is 0.383. The number of hydrogen-bond acceptors (Lipinski definition) is 6. The van der Waals surface area contributed by atoms with E-state index in [0.29, 0.717) is 12.3 Å². The quantitative estimate of drug-likeness (QED) is 0.657. The van der Waals surface area contributed by atoms with Crippen molar-refractivity contribution in [3.8, 4) is 0 Å². The second-order valence-corrected chi connectivity index (χ2v) is 9.09. The zero-order valence-electron chi connectivity index (χ0n) is 12.5. The molecule has 0 aliphatic carbocycles. The number of nitrogens with zero attached hydrogens (tertiary/aromatic N) is 1. The van der Waals surface area contributed by atoms with Crippen molar-refractivity contribution in [2.75, 3.05) is 32.1 Å². The molecule has 1 aromatic heterocycles. The van der Waals surface area contributed by atoms with E-state index < -0.39 is 19.9 Å². The molecule has 122 valence electrons. The molecular formula is C12H22N2O5S2. The molecule has 0 amide bonds. The molecule has 1 heterocycles. The first-order valence-corrected chi connectivity index (χ1v) is 10.1. The van der Waals surface area contributed by atoms with Crippen molar-refractivity contribution in [3.05, 3.63) is 17.9 Å². The third-order valence-corrected chi connectivity index (χ3v) is 5.46. The summed E-state index contributed by atoms with van der Waals surface area (Å²) < 4.78 is 52.9. The molecule has 0 saturated carbocycles. The molecule has 0 unspecified atom stereocenters. The van der Waals surface area contributed by atoms with E-state index in [1.807, 2.05) is 6.92 Å². The number of sulfone groups is 1. The molecule has 1 aromatic rings. The molecule has 0 aromatic carbocycles. The first-order chi connectivity index (χ1) is 9.66. The van der Waals surface area contributed by atoms with Crippen LogP contribution in [0.2, 0.25) is 0 Å². The Balaban J connectivity index is 2.73. The van der Waals surface area contributed by atoms with Gasteiger partial charge in [0.2, 0.25) is 5.09 Å². The molecule has 0 aliphatic rings. The van der Waals surface area contributed by atoms with Gasteiger partial charge in [-0.3, -0.25) is 0 Å². The first-order valence-electron chi connectivity index (χ1n) is 6.60. The number of rotatable bonds is 9. The normalized spacial score (nSPS) is 13.0. The Bertz CT molecular complexity index is 649. The van der Waals surface area contributed by atoms with Gasteiger partial charge in [0.1, 0.15) is 15.6 Å². The number of nitrogens with one attached hydrogen (secondary N) is 1. The van der Waals surface area contributed by atoms with Gasteiger partial charge in [-0.2, -0.15) is 4.31 Å². The largest absolute Gasteiger partial charge is 0.447 e. The maximum atomic E-state index is 12.2. The van der Waals surface area contributed by atoms with Gasteiger partial charge in [-0.15, -0.1) is 0 Å². The fourth-order valence-electron chi connectivity index (χ4n) is 1.55. The monoisotopic (exact) mass is 338 g/mol. The van der Waals surface area contributed by atoms with Crippen molar-refractivity contribution in [2.24, 2.45) is 0 Å². The Labute approximate surface area is 126 Å². The lowest BCUT2D eigenvalue weighted by Gasteiger charge is -2.14. The van der Waals surface area contributed by atoms with Crippen molar-refractivity contribution in [2.45, 2.75) is 25.0 Å². The van der Waals surface area contributed by atoms with Crippen LogP contribution >= 0.6 is 0 Å². The minimum Gasteiger partial charge on any atom is -0.447 e. The maximum absolute atomic E-state index is 12.2. The molecular weight excluding hydrogens is 316 g/mol. The summed E-state index contributed by atoms with van der Waals surface area (Å²) in [5, 5.41) is 2.93.